The van der Waals surface area contributed by atoms with Gasteiger partial charge in [0.05, 0.1) is 32.2 Å². The Morgan fingerprint density at radius 3 is 2.62 bits per heavy atom. The Hall–Kier alpha value is -3.66. The molecule has 2 fully saturated rings. The Bertz CT molecular complexity index is 1180. The number of pyridine rings is 1. The first-order valence-electron chi connectivity index (χ1n) is 13.0. The fourth-order valence-corrected chi connectivity index (χ4v) is 4.72. The van der Waals surface area contributed by atoms with Gasteiger partial charge in [-0.15, -0.1) is 0 Å². The lowest BCUT2D eigenvalue weighted by molar-refractivity contribution is -0.119. The Morgan fingerprint density at radius 1 is 1.11 bits per heavy atom. The SMILES string of the molecule is CC(=O)NCCOc1cnc(NC2CCC(Oc3nc(N4CCOCC4)cc4ccccc34)CC2)nc1. The quantitative estimate of drug-likeness (QED) is 0.423. The summed E-state index contributed by atoms with van der Waals surface area (Å²) in [5.41, 5.74) is 0. The predicted octanol–water partition coefficient (Wildman–Crippen LogP) is 3.18. The summed E-state index contributed by atoms with van der Waals surface area (Å²) in [6, 6.07) is 10.7. The van der Waals surface area contributed by atoms with Gasteiger partial charge in [-0.3, -0.25) is 4.79 Å². The molecule has 5 rings (SSSR count). The number of nitrogens with one attached hydrogen (secondary N) is 2. The molecule has 3 heterocycles. The van der Waals surface area contributed by atoms with Crippen LogP contribution in [0.4, 0.5) is 11.8 Å². The molecule has 196 valence electrons. The third kappa shape index (κ3) is 6.76. The number of nitrogens with zero attached hydrogens (tertiary/aromatic N) is 4. The average molecular weight is 507 g/mol. The van der Waals surface area contributed by atoms with Crippen LogP contribution in [0.15, 0.2) is 42.7 Å². The van der Waals surface area contributed by atoms with Crippen molar-refractivity contribution in [3.63, 3.8) is 0 Å². The van der Waals surface area contributed by atoms with E-state index >= 15 is 0 Å². The van der Waals surface area contributed by atoms with E-state index in [-0.39, 0.29) is 18.1 Å². The van der Waals surface area contributed by atoms with E-state index in [2.05, 4.69) is 49.8 Å². The monoisotopic (exact) mass is 506 g/mol. The van der Waals surface area contributed by atoms with Crippen molar-refractivity contribution in [2.75, 3.05) is 49.7 Å². The van der Waals surface area contributed by atoms with Crippen molar-refractivity contribution in [1.82, 2.24) is 20.3 Å². The molecule has 1 saturated carbocycles. The predicted molar refractivity (Wildman–Crippen MR) is 141 cm³/mol. The van der Waals surface area contributed by atoms with Crippen molar-refractivity contribution in [2.45, 2.75) is 44.8 Å². The lowest BCUT2D eigenvalue weighted by atomic mass is 9.93. The van der Waals surface area contributed by atoms with E-state index in [0.29, 0.717) is 30.7 Å². The summed E-state index contributed by atoms with van der Waals surface area (Å²) >= 11 is 0. The third-order valence-corrected chi connectivity index (χ3v) is 6.69. The Kier molecular flexibility index (Phi) is 8.15. The molecule has 2 aromatic heterocycles. The summed E-state index contributed by atoms with van der Waals surface area (Å²) in [6.07, 6.45) is 7.20. The smallest absolute Gasteiger partial charge is 0.223 e. The molecular formula is C27H34N6O4. The molecule has 37 heavy (non-hydrogen) atoms. The Labute approximate surface area is 216 Å². The lowest BCUT2D eigenvalue weighted by Gasteiger charge is -2.31. The van der Waals surface area contributed by atoms with Crippen LogP contribution in [0.5, 0.6) is 11.6 Å². The van der Waals surface area contributed by atoms with Crippen LogP contribution in [0.25, 0.3) is 10.8 Å². The standard InChI is InChI=1S/C27H34N6O4/c1-19(34)28-10-13-36-23-17-29-27(30-18-23)31-21-6-8-22(9-7-21)37-26-24-5-3-2-4-20(24)16-25(32-26)33-11-14-35-15-12-33/h2-5,16-18,21-22H,6-15H2,1H3,(H,28,34)(H,29,30,31). The molecule has 0 radical (unpaired) electrons. The number of morpholine rings is 1. The number of rotatable bonds is 9. The van der Waals surface area contributed by atoms with Crippen LogP contribution in [0, 0.1) is 0 Å². The molecule has 1 aliphatic heterocycles. The van der Waals surface area contributed by atoms with E-state index in [1.54, 1.807) is 12.4 Å². The van der Waals surface area contributed by atoms with E-state index in [1.807, 2.05) is 6.07 Å². The number of hydrogen-bond acceptors (Lipinski definition) is 9. The molecule has 10 heteroatoms. The third-order valence-electron chi connectivity index (χ3n) is 6.69. The van der Waals surface area contributed by atoms with Crippen LogP contribution in [0.3, 0.4) is 0 Å². The van der Waals surface area contributed by atoms with E-state index in [9.17, 15) is 4.79 Å². The second kappa shape index (κ2) is 12.1. The van der Waals surface area contributed by atoms with Crippen molar-refractivity contribution in [2.24, 2.45) is 0 Å². The fraction of sp³-hybridized carbons (Fsp3) is 0.481. The molecule has 1 aromatic carbocycles. The molecule has 1 saturated heterocycles. The zero-order chi connectivity index (χ0) is 25.5. The fourth-order valence-electron chi connectivity index (χ4n) is 4.72. The van der Waals surface area contributed by atoms with Crippen LogP contribution < -0.4 is 25.0 Å². The van der Waals surface area contributed by atoms with Crippen molar-refractivity contribution < 1.29 is 19.0 Å². The van der Waals surface area contributed by atoms with Crippen LogP contribution in [0.2, 0.25) is 0 Å². The van der Waals surface area contributed by atoms with E-state index < -0.39 is 0 Å². The number of carbonyl (C=O) groups excluding carboxylic acids is 1. The molecule has 0 bridgehead atoms. The first-order valence-corrected chi connectivity index (χ1v) is 13.0. The highest BCUT2D eigenvalue weighted by Crippen LogP contribution is 2.32. The van der Waals surface area contributed by atoms with Crippen LogP contribution >= 0.6 is 0 Å². The zero-order valence-electron chi connectivity index (χ0n) is 21.2. The van der Waals surface area contributed by atoms with Crippen molar-refractivity contribution in [3.8, 4) is 11.6 Å². The number of hydrogen-bond donors (Lipinski definition) is 2. The normalized spacial score (nSPS) is 19.9. The van der Waals surface area contributed by atoms with Gasteiger partial charge < -0.3 is 29.7 Å². The van der Waals surface area contributed by atoms with E-state index in [1.165, 1.54) is 6.92 Å². The largest absolute Gasteiger partial charge is 0.489 e. The topological polar surface area (TPSA) is 111 Å². The molecule has 10 nitrogen and oxygen atoms in total. The summed E-state index contributed by atoms with van der Waals surface area (Å²) in [5.74, 6) is 2.75. The molecule has 1 aliphatic carbocycles. The summed E-state index contributed by atoms with van der Waals surface area (Å²) in [5, 5.41) is 8.31. The number of amides is 1. The maximum atomic E-state index is 10.9. The van der Waals surface area contributed by atoms with Crippen LogP contribution in [0.1, 0.15) is 32.6 Å². The Balaban J connectivity index is 1.14. The summed E-state index contributed by atoms with van der Waals surface area (Å²) in [7, 11) is 0. The number of benzene rings is 1. The van der Waals surface area contributed by atoms with Gasteiger partial charge in [0.2, 0.25) is 17.7 Å². The highest BCUT2D eigenvalue weighted by Gasteiger charge is 2.25. The second-order valence-corrected chi connectivity index (χ2v) is 9.42. The zero-order valence-corrected chi connectivity index (χ0v) is 21.2. The molecule has 0 unspecified atom stereocenters. The first-order chi connectivity index (χ1) is 18.1. The minimum Gasteiger partial charge on any atom is -0.489 e. The van der Waals surface area contributed by atoms with E-state index in [0.717, 1.165) is 68.6 Å². The summed E-state index contributed by atoms with van der Waals surface area (Å²) in [6.45, 7) is 5.43. The summed E-state index contributed by atoms with van der Waals surface area (Å²) < 4.78 is 17.6. The maximum absolute atomic E-state index is 10.9. The molecule has 3 aromatic rings. The van der Waals surface area contributed by atoms with Gasteiger partial charge in [0.15, 0.2) is 5.75 Å². The van der Waals surface area contributed by atoms with Gasteiger partial charge >= 0.3 is 0 Å². The van der Waals surface area contributed by atoms with Gasteiger partial charge in [0, 0.05) is 31.4 Å². The first kappa shape index (κ1) is 25.0. The van der Waals surface area contributed by atoms with Gasteiger partial charge in [-0.05, 0) is 43.2 Å². The molecule has 1 amide bonds. The second-order valence-electron chi connectivity index (χ2n) is 9.42. The Morgan fingerprint density at radius 2 is 1.86 bits per heavy atom. The molecule has 0 atom stereocenters. The minimum absolute atomic E-state index is 0.0781. The van der Waals surface area contributed by atoms with E-state index in [4.69, 9.17) is 19.2 Å². The van der Waals surface area contributed by atoms with Gasteiger partial charge in [0.1, 0.15) is 18.5 Å². The number of aromatic nitrogens is 3. The molecule has 2 aliphatic rings. The minimum atomic E-state index is -0.0781. The highest BCUT2D eigenvalue weighted by molar-refractivity contribution is 5.89. The van der Waals surface area contributed by atoms with Crippen molar-refractivity contribution in [1.29, 1.82) is 0 Å². The summed E-state index contributed by atoms with van der Waals surface area (Å²) in [4.78, 5) is 26.9. The van der Waals surface area contributed by atoms with Crippen molar-refractivity contribution >= 4 is 28.4 Å². The van der Waals surface area contributed by atoms with Gasteiger partial charge in [-0.1, -0.05) is 18.2 Å². The number of fused-ring (bicyclic) bond motifs is 1. The number of anilines is 2. The van der Waals surface area contributed by atoms with Gasteiger partial charge in [-0.2, -0.15) is 4.98 Å². The van der Waals surface area contributed by atoms with Gasteiger partial charge in [0.25, 0.3) is 0 Å². The average Bonchev–Trinajstić information content (AvgIpc) is 2.93. The van der Waals surface area contributed by atoms with Crippen LogP contribution in [-0.2, 0) is 9.53 Å². The van der Waals surface area contributed by atoms with Crippen LogP contribution in [-0.4, -0.2) is 72.5 Å². The maximum Gasteiger partial charge on any atom is 0.223 e. The number of carbonyl (C=O) groups is 1. The van der Waals surface area contributed by atoms with Gasteiger partial charge in [-0.25, -0.2) is 9.97 Å². The highest BCUT2D eigenvalue weighted by atomic mass is 16.5. The van der Waals surface area contributed by atoms with Crippen molar-refractivity contribution in [3.05, 3.63) is 42.7 Å². The number of ether oxygens (including phenoxy) is 3. The molecular weight excluding hydrogens is 472 g/mol. The molecule has 0 spiro atoms. The lowest BCUT2D eigenvalue weighted by Crippen LogP contribution is -2.37. The molecule has 2 N–H and O–H groups in total.